The molecule has 15 heteroatoms. The summed E-state index contributed by atoms with van der Waals surface area (Å²) in [6.45, 7) is 11.8. The molecule has 0 amide bonds. The lowest BCUT2D eigenvalue weighted by Gasteiger charge is -2.15. The van der Waals surface area contributed by atoms with Crippen LogP contribution in [0.3, 0.4) is 0 Å². The Morgan fingerprint density at radius 2 is 1.37 bits per heavy atom. The number of ether oxygens (including phenoxy) is 1. The molecule has 0 aliphatic carbocycles. The molecule has 0 saturated heterocycles. The normalized spacial score (nSPS) is 12.0. The number of aromatic nitrogens is 8. The monoisotopic (exact) mass is 791 g/mol. The van der Waals surface area contributed by atoms with Gasteiger partial charge < -0.3 is 34.9 Å². The van der Waals surface area contributed by atoms with Crippen molar-refractivity contribution in [2.75, 3.05) is 0 Å². The molecule has 8 rings (SSSR count). The standard InChI is InChI=1S/C44H45N11O4/c1-7-27-20-31(25(5)19-37(27)56)41-48-50-43(54(41)35-13-10-12-34-30(35)16-18-53(34)24(3)4)47-40(46)23-52-17-15-29-33(52)11-9-14-36(29)55-42(49-51-44(55)59-26(6)45)32-21-28(8-2)38(57)22-39(32)58/h9-22,24,45,56-58H,7-8,23H2,1-6H3,(H2,46,47,50). The minimum Gasteiger partial charge on any atom is -0.508 e. The van der Waals surface area contributed by atoms with E-state index in [9.17, 15) is 15.3 Å². The summed E-state index contributed by atoms with van der Waals surface area (Å²) in [5.74, 6) is 1.32. The van der Waals surface area contributed by atoms with Crippen LogP contribution in [0.25, 0.3) is 56.0 Å². The fourth-order valence-corrected chi connectivity index (χ4v) is 7.65. The quantitative estimate of drug-likeness (QED) is 0.0631. The van der Waals surface area contributed by atoms with Crippen LogP contribution in [0.1, 0.15) is 57.4 Å². The van der Waals surface area contributed by atoms with Crippen molar-refractivity contribution >= 4 is 39.5 Å². The summed E-state index contributed by atoms with van der Waals surface area (Å²) >= 11 is 0. The second-order valence-electron chi connectivity index (χ2n) is 14.7. The second kappa shape index (κ2) is 15.2. The van der Waals surface area contributed by atoms with Gasteiger partial charge in [0.25, 0.3) is 5.95 Å². The molecule has 6 N–H and O–H groups in total. The molecular formula is C44H45N11O4. The van der Waals surface area contributed by atoms with Gasteiger partial charge in [0.15, 0.2) is 17.5 Å². The molecule has 0 atom stereocenters. The van der Waals surface area contributed by atoms with Crippen LogP contribution >= 0.6 is 0 Å². The largest absolute Gasteiger partial charge is 0.508 e. The van der Waals surface area contributed by atoms with E-state index in [1.807, 2.05) is 78.6 Å². The average molecular weight is 792 g/mol. The van der Waals surface area contributed by atoms with E-state index in [4.69, 9.17) is 20.9 Å². The van der Waals surface area contributed by atoms with E-state index < -0.39 is 0 Å². The van der Waals surface area contributed by atoms with Gasteiger partial charge in [-0.1, -0.05) is 31.1 Å². The topological polar surface area (TPSA) is 203 Å². The van der Waals surface area contributed by atoms with Gasteiger partial charge in [0.2, 0.25) is 0 Å². The van der Waals surface area contributed by atoms with Crippen LogP contribution in [-0.2, 0) is 19.4 Å². The number of amidine groups is 1. The SMILES string of the molecule is CCc1cc(-c2nnc(N=C(N)Cn3ccc4c(-n5c(OC(C)=N)nnc5-c5cc(CC)c(O)cc5O)cccc43)n2-c2cccc3c2ccn3C(C)C)c(C)cc1O. The fraction of sp³-hybridized carbons (Fsp3) is 0.227. The van der Waals surface area contributed by atoms with Gasteiger partial charge in [-0.05, 0) is 105 Å². The summed E-state index contributed by atoms with van der Waals surface area (Å²) in [6.07, 6.45) is 5.13. The Hall–Kier alpha value is -7.42. The number of aliphatic imine (C=N–C) groups is 1. The molecule has 8 aromatic rings. The molecule has 4 heterocycles. The smallest absolute Gasteiger partial charge is 0.328 e. The lowest BCUT2D eigenvalue weighted by atomic mass is 10.0. The molecule has 0 bridgehead atoms. The molecule has 0 unspecified atom stereocenters. The Morgan fingerprint density at radius 3 is 2.07 bits per heavy atom. The maximum Gasteiger partial charge on any atom is 0.328 e. The van der Waals surface area contributed by atoms with E-state index in [0.717, 1.165) is 44.2 Å². The highest BCUT2D eigenvalue weighted by atomic mass is 16.5. The summed E-state index contributed by atoms with van der Waals surface area (Å²) in [7, 11) is 0. The average Bonchev–Trinajstić information content (AvgIpc) is 4.00. The summed E-state index contributed by atoms with van der Waals surface area (Å²) in [5.41, 5.74) is 13.5. The Morgan fingerprint density at radius 1 is 0.763 bits per heavy atom. The van der Waals surface area contributed by atoms with E-state index in [1.54, 1.807) is 16.7 Å². The van der Waals surface area contributed by atoms with Gasteiger partial charge in [0.05, 0.1) is 34.5 Å². The van der Waals surface area contributed by atoms with E-state index in [1.165, 1.54) is 13.0 Å². The fourth-order valence-electron chi connectivity index (χ4n) is 7.65. The maximum absolute atomic E-state index is 11.0. The van der Waals surface area contributed by atoms with Crippen LogP contribution in [-0.4, -0.2) is 65.7 Å². The van der Waals surface area contributed by atoms with E-state index in [0.29, 0.717) is 41.4 Å². The van der Waals surface area contributed by atoms with Crippen LogP contribution in [0.4, 0.5) is 5.95 Å². The van der Waals surface area contributed by atoms with Crippen molar-refractivity contribution in [2.24, 2.45) is 10.7 Å². The van der Waals surface area contributed by atoms with Crippen molar-refractivity contribution in [3.05, 3.63) is 102 Å². The molecule has 0 saturated carbocycles. The minimum absolute atomic E-state index is 0.0251. The molecule has 0 radical (unpaired) electrons. The molecule has 59 heavy (non-hydrogen) atoms. The number of aromatic hydroxyl groups is 3. The predicted molar refractivity (Wildman–Crippen MR) is 229 cm³/mol. The van der Waals surface area contributed by atoms with Gasteiger partial charge in [-0.15, -0.1) is 15.3 Å². The second-order valence-corrected chi connectivity index (χ2v) is 14.7. The van der Waals surface area contributed by atoms with Crippen LogP contribution in [0.2, 0.25) is 0 Å². The first-order valence-electron chi connectivity index (χ1n) is 19.4. The summed E-state index contributed by atoms with van der Waals surface area (Å²) < 4.78 is 13.5. The van der Waals surface area contributed by atoms with Crippen molar-refractivity contribution in [1.29, 1.82) is 5.41 Å². The highest BCUT2D eigenvalue weighted by Crippen LogP contribution is 2.39. The number of hydrogen-bond donors (Lipinski definition) is 5. The molecule has 4 aromatic heterocycles. The zero-order chi connectivity index (χ0) is 41.7. The number of rotatable bonds is 11. The number of nitrogens with two attached hydrogens (primary N) is 1. The van der Waals surface area contributed by atoms with Crippen molar-refractivity contribution in [3.8, 4) is 57.4 Å². The van der Waals surface area contributed by atoms with Crippen LogP contribution in [0.15, 0.2) is 90.2 Å². The van der Waals surface area contributed by atoms with Crippen molar-refractivity contribution < 1.29 is 20.1 Å². The third kappa shape index (κ3) is 6.79. The first-order valence-corrected chi connectivity index (χ1v) is 19.4. The molecule has 4 aromatic carbocycles. The van der Waals surface area contributed by atoms with Crippen LogP contribution in [0.5, 0.6) is 23.3 Å². The number of fused-ring (bicyclic) bond motifs is 2. The lowest BCUT2D eigenvalue weighted by Crippen LogP contribution is -2.19. The number of nitrogens with one attached hydrogen (secondary N) is 1. The van der Waals surface area contributed by atoms with Crippen molar-refractivity contribution in [2.45, 2.75) is 67.0 Å². The lowest BCUT2D eigenvalue weighted by molar-refractivity contribution is 0.447. The zero-order valence-electron chi connectivity index (χ0n) is 33.6. The molecule has 300 valence electrons. The maximum atomic E-state index is 11.0. The highest BCUT2D eigenvalue weighted by molar-refractivity contribution is 5.93. The first kappa shape index (κ1) is 38.5. The first-order chi connectivity index (χ1) is 28.4. The Labute approximate surface area is 339 Å². The number of nitrogens with zero attached hydrogens (tertiary/aromatic N) is 9. The van der Waals surface area contributed by atoms with Crippen molar-refractivity contribution in [3.63, 3.8) is 0 Å². The third-order valence-corrected chi connectivity index (χ3v) is 10.5. The Kier molecular flexibility index (Phi) is 9.88. The van der Waals surface area contributed by atoms with Gasteiger partial charge in [-0.25, -0.2) is 4.57 Å². The zero-order valence-corrected chi connectivity index (χ0v) is 33.6. The van der Waals surface area contributed by atoms with Gasteiger partial charge in [-0.3, -0.25) is 9.98 Å². The molecule has 0 fully saturated rings. The van der Waals surface area contributed by atoms with Crippen LogP contribution < -0.4 is 10.5 Å². The number of phenolic OH excluding ortho intramolecular Hbond substituents is 3. The molecule has 0 aliphatic rings. The Bertz CT molecular complexity index is 2950. The molecule has 0 aliphatic heterocycles. The van der Waals surface area contributed by atoms with E-state index >= 15 is 0 Å². The number of phenols is 3. The number of benzene rings is 4. The predicted octanol–water partition coefficient (Wildman–Crippen LogP) is 8.29. The minimum atomic E-state index is -0.184. The molecule has 15 nitrogen and oxygen atoms in total. The summed E-state index contributed by atoms with van der Waals surface area (Å²) in [6, 6.07) is 22.8. The molecule has 0 spiro atoms. The van der Waals surface area contributed by atoms with Gasteiger partial charge >= 0.3 is 6.01 Å². The third-order valence-electron chi connectivity index (χ3n) is 10.5. The van der Waals surface area contributed by atoms with E-state index in [-0.39, 0.29) is 53.4 Å². The van der Waals surface area contributed by atoms with Crippen LogP contribution in [0, 0.1) is 12.3 Å². The van der Waals surface area contributed by atoms with E-state index in [2.05, 4.69) is 57.1 Å². The van der Waals surface area contributed by atoms with Crippen molar-refractivity contribution in [1.82, 2.24) is 38.7 Å². The summed E-state index contributed by atoms with van der Waals surface area (Å²) in [4.78, 5) is 4.90. The van der Waals surface area contributed by atoms with Gasteiger partial charge in [0.1, 0.15) is 23.1 Å². The van der Waals surface area contributed by atoms with Gasteiger partial charge in [-0.2, -0.15) is 4.99 Å². The highest BCUT2D eigenvalue weighted by Gasteiger charge is 2.25. The van der Waals surface area contributed by atoms with Gasteiger partial charge in [0, 0.05) is 47.8 Å². The Balaban J connectivity index is 1.24. The summed E-state index contributed by atoms with van der Waals surface area (Å²) in [5, 5.41) is 59.8. The number of hydrogen-bond acceptors (Lipinski definition) is 10. The number of aryl methyl sites for hydroxylation is 3. The molecular weight excluding hydrogens is 747 g/mol.